The maximum atomic E-state index is 6.25. The van der Waals surface area contributed by atoms with Crippen molar-refractivity contribution in [3.63, 3.8) is 0 Å². The molecule has 0 radical (unpaired) electrons. The predicted octanol–water partition coefficient (Wildman–Crippen LogP) is 13.7. The molecule has 9 aromatic rings. The summed E-state index contributed by atoms with van der Waals surface area (Å²) in [5.74, 6) is 0.881. The van der Waals surface area contributed by atoms with Gasteiger partial charge in [-0.25, -0.2) is 0 Å². The molecule has 236 valence electrons. The molecule has 0 saturated heterocycles. The van der Waals surface area contributed by atoms with Gasteiger partial charge in [0.15, 0.2) is 0 Å². The topological polar surface area (TPSA) is 16.4 Å². The fraction of sp³-hybridized carbons (Fsp3) is 0. The van der Waals surface area contributed by atoms with Crippen LogP contribution in [0.15, 0.2) is 205 Å². The summed E-state index contributed by atoms with van der Waals surface area (Å²) in [7, 11) is 0. The predicted molar refractivity (Wildman–Crippen MR) is 210 cm³/mol. The zero-order chi connectivity index (χ0) is 33.3. The van der Waals surface area contributed by atoms with E-state index in [4.69, 9.17) is 4.42 Å². The number of anilines is 3. The monoisotopic (exact) mass is 639 g/mol. The molecule has 0 aliphatic carbocycles. The van der Waals surface area contributed by atoms with Crippen molar-refractivity contribution in [1.29, 1.82) is 0 Å². The summed E-state index contributed by atoms with van der Waals surface area (Å²) < 4.78 is 6.25. The van der Waals surface area contributed by atoms with Gasteiger partial charge in [-0.2, -0.15) is 0 Å². The number of hydrogen-bond acceptors (Lipinski definition) is 2. The van der Waals surface area contributed by atoms with Gasteiger partial charge in [-0.05, 0) is 81.1 Å². The van der Waals surface area contributed by atoms with E-state index in [1.807, 2.05) is 18.2 Å². The molecule has 0 aliphatic heterocycles. The molecule has 8 aromatic carbocycles. The third-order valence-corrected chi connectivity index (χ3v) is 9.49. The maximum Gasteiger partial charge on any atom is 0.136 e. The first-order chi connectivity index (χ1) is 24.8. The first-order valence-electron chi connectivity index (χ1n) is 17.0. The minimum atomic E-state index is 0.881. The molecule has 0 atom stereocenters. The van der Waals surface area contributed by atoms with Crippen LogP contribution in [0.4, 0.5) is 17.1 Å². The van der Waals surface area contributed by atoms with Gasteiger partial charge in [-0.3, -0.25) is 0 Å². The first kappa shape index (κ1) is 29.5. The van der Waals surface area contributed by atoms with E-state index in [9.17, 15) is 0 Å². The van der Waals surface area contributed by atoms with E-state index < -0.39 is 0 Å². The summed E-state index contributed by atoms with van der Waals surface area (Å²) in [4.78, 5) is 2.37. The molecule has 0 N–H and O–H groups in total. The number of fused-ring (bicyclic) bond motifs is 2. The van der Waals surface area contributed by atoms with Gasteiger partial charge in [0.2, 0.25) is 0 Å². The third-order valence-electron chi connectivity index (χ3n) is 9.49. The molecule has 1 heterocycles. The highest BCUT2D eigenvalue weighted by Crippen LogP contribution is 2.42. The Labute approximate surface area is 292 Å². The Hall–Kier alpha value is -6.64. The lowest BCUT2D eigenvalue weighted by atomic mass is 9.95. The Morgan fingerprint density at radius 1 is 0.320 bits per heavy atom. The Kier molecular flexibility index (Phi) is 7.53. The smallest absolute Gasteiger partial charge is 0.136 e. The van der Waals surface area contributed by atoms with E-state index in [1.165, 1.54) is 33.0 Å². The van der Waals surface area contributed by atoms with Gasteiger partial charge in [0.05, 0.1) is 5.69 Å². The molecule has 0 aliphatic rings. The number of rotatable bonds is 7. The minimum absolute atomic E-state index is 0.881. The number of nitrogens with zero attached hydrogens (tertiary/aromatic N) is 1. The molecule has 0 saturated carbocycles. The Morgan fingerprint density at radius 3 is 1.62 bits per heavy atom. The van der Waals surface area contributed by atoms with Crippen LogP contribution in [0.3, 0.4) is 0 Å². The van der Waals surface area contributed by atoms with Crippen molar-refractivity contribution in [2.24, 2.45) is 0 Å². The van der Waals surface area contributed by atoms with Crippen molar-refractivity contribution in [1.82, 2.24) is 0 Å². The Morgan fingerprint density at radius 2 is 0.860 bits per heavy atom. The van der Waals surface area contributed by atoms with Gasteiger partial charge in [0.25, 0.3) is 0 Å². The van der Waals surface area contributed by atoms with Crippen molar-refractivity contribution >= 4 is 38.8 Å². The third kappa shape index (κ3) is 5.53. The Balaban J connectivity index is 1.07. The molecular weight excluding hydrogens is 607 g/mol. The van der Waals surface area contributed by atoms with Crippen LogP contribution in [0.25, 0.3) is 66.4 Å². The van der Waals surface area contributed by atoms with Gasteiger partial charge >= 0.3 is 0 Å². The standard InChI is InChI=1S/C48H33NO/c1-2-13-37(14-3-1)44-18-9-10-20-46(44)49(42-31-28-34-12-4-5-15-39(34)32-42)41-29-26-36(27-30-41)35-22-24-38(25-23-35)43-17-7-8-19-45(43)48-33-40-16-6-11-21-47(40)50-48/h1-33H. The molecule has 50 heavy (non-hydrogen) atoms. The van der Waals surface area contributed by atoms with Gasteiger partial charge in [-0.1, -0.05) is 158 Å². The molecule has 0 amide bonds. The zero-order valence-electron chi connectivity index (χ0n) is 27.4. The van der Waals surface area contributed by atoms with Crippen LogP contribution < -0.4 is 4.90 Å². The maximum absolute atomic E-state index is 6.25. The van der Waals surface area contributed by atoms with Gasteiger partial charge in [-0.15, -0.1) is 0 Å². The van der Waals surface area contributed by atoms with Crippen LogP contribution in [0, 0.1) is 0 Å². The van der Waals surface area contributed by atoms with Crippen molar-refractivity contribution < 1.29 is 4.42 Å². The number of para-hydroxylation sites is 2. The zero-order valence-corrected chi connectivity index (χ0v) is 27.4. The van der Waals surface area contributed by atoms with E-state index in [0.717, 1.165) is 50.5 Å². The fourth-order valence-electron chi connectivity index (χ4n) is 6.98. The van der Waals surface area contributed by atoms with Gasteiger partial charge in [0.1, 0.15) is 11.3 Å². The summed E-state index contributed by atoms with van der Waals surface area (Å²) >= 11 is 0. The average Bonchev–Trinajstić information content (AvgIpc) is 3.63. The van der Waals surface area contributed by atoms with Crippen molar-refractivity contribution in [3.05, 3.63) is 200 Å². The number of hydrogen-bond donors (Lipinski definition) is 0. The molecule has 1 aromatic heterocycles. The van der Waals surface area contributed by atoms with Gasteiger partial charge < -0.3 is 9.32 Å². The second-order valence-corrected chi connectivity index (χ2v) is 12.6. The molecule has 0 spiro atoms. The highest BCUT2D eigenvalue weighted by atomic mass is 16.3. The normalized spacial score (nSPS) is 11.2. The summed E-state index contributed by atoms with van der Waals surface area (Å²) in [5.41, 5.74) is 12.4. The SMILES string of the molecule is c1ccc(-c2ccccc2N(c2ccc(-c3ccc(-c4ccccc4-c4cc5ccccc5o4)cc3)cc2)c2ccc3ccccc3c2)cc1. The lowest BCUT2D eigenvalue weighted by Gasteiger charge is -2.28. The summed E-state index contributed by atoms with van der Waals surface area (Å²) in [6.45, 7) is 0. The van der Waals surface area contributed by atoms with Gasteiger partial charge in [0, 0.05) is 27.9 Å². The van der Waals surface area contributed by atoms with Crippen LogP contribution in [-0.2, 0) is 0 Å². The molecule has 0 bridgehead atoms. The molecule has 9 rings (SSSR count). The second-order valence-electron chi connectivity index (χ2n) is 12.6. The first-order valence-corrected chi connectivity index (χ1v) is 17.0. The summed E-state index contributed by atoms with van der Waals surface area (Å²) in [5, 5.41) is 3.55. The van der Waals surface area contributed by atoms with Crippen molar-refractivity contribution in [2.45, 2.75) is 0 Å². The average molecular weight is 640 g/mol. The van der Waals surface area contributed by atoms with E-state index in [1.54, 1.807) is 0 Å². The fourth-order valence-corrected chi connectivity index (χ4v) is 6.98. The second kappa shape index (κ2) is 12.8. The molecular formula is C48H33NO. The van der Waals surface area contributed by atoms with E-state index in [2.05, 4.69) is 187 Å². The molecule has 0 unspecified atom stereocenters. The van der Waals surface area contributed by atoms with Crippen LogP contribution in [0.2, 0.25) is 0 Å². The largest absolute Gasteiger partial charge is 0.456 e. The van der Waals surface area contributed by atoms with Crippen molar-refractivity contribution in [3.8, 4) is 44.7 Å². The molecule has 2 nitrogen and oxygen atoms in total. The lowest BCUT2D eigenvalue weighted by molar-refractivity contribution is 0.632. The van der Waals surface area contributed by atoms with Crippen molar-refractivity contribution in [2.75, 3.05) is 4.90 Å². The highest BCUT2D eigenvalue weighted by molar-refractivity contribution is 5.93. The van der Waals surface area contributed by atoms with E-state index >= 15 is 0 Å². The molecule has 0 fully saturated rings. The van der Waals surface area contributed by atoms with E-state index in [0.29, 0.717) is 0 Å². The summed E-state index contributed by atoms with van der Waals surface area (Å²) in [6.07, 6.45) is 0. The molecule has 2 heteroatoms. The van der Waals surface area contributed by atoms with Crippen LogP contribution in [-0.4, -0.2) is 0 Å². The minimum Gasteiger partial charge on any atom is -0.456 e. The number of benzene rings is 8. The van der Waals surface area contributed by atoms with Crippen LogP contribution in [0.1, 0.15) is 0 Å². The Bertz CT molecular complexity index is 2550. The quantitative estimate of drug-likeness (QED) is 0.173. The summed E-state index contributed by atoms with van der Waals surface area (Å²) in [6, 6.07) is 71.1. The highest BCUT2D eigenvalue weighted by Gasteiger charge is 2.18. The lowest BCUT2D eigenvalue weighted by Crippen LogP contribution is -2.11. The van der Waals surface area contributed by atoms with E-state index in [-0.39, 0.29) is 0 Å². The number of furan rings is 1. The van der Waals surface area contributed by atoms with Crippen LogP contribution in [0.5, 0.6) is 0 Å². The van der Waals surface area contributed by atoms with Crippen LogP contribution >= 0.6 is 0 Å².